The maximum atomic E-state index is 9.92. The topological polar surface area (TPSA) is 51.6 Å². The molecule has 0 aliphatic rings. The number of hydrogen-bond acceptors (Lipinski definition) is 5. The maximum Gasteiger partial charge on any atom is 0.161 e. The van der Waals surface area contributed by atoms with E-state index in [1.54, 1.807) is 20.0 Å². The van der Waals surface area contributed by atoms with Crippen molar-refractivity contribution in [2.45, 2.75) is 32.8 Å². The van der Waals surface area contributed by atoms with Gasteiger partial charge in [0.1, 0.15) is 0 Å². The predicted molar refractivity (Wildman–Crippen MR) is 84.2 cm³/mol. The fourth-order valence-electron chi connectivity index (χ4n) is 1.80. The standard InChI is InChI=1S/C16H21NO3S/c1-4-19-12-7-5-6-8-13(12)20-10-9-15-17-11-14(21-15)16(2,3)18/h5-8,11,18H,4,9-10H2,1-3H3. The Labute approximate surface area is 129 Å². The van der Waals surface area contributed by atoms with E-state index in [1.165, 1.54) is 11.3 Å². The van der Waals surface area contributed by atoms with E-state index in [0.717, 1.165) is 21.4 Å². The number of aliphatic hydroxyl groups is 1. The molecule has 0 spiro atoms. The van der Waals surface area contributed by atoms with Gasteiger partial charge in [-0.05, 0) is 32.9 Å². The highest BCUT2D eigenvalue weighted by Gasteiger charge is 2.19. The van der Waals surface area contributed by atoms with Crippen molar-refractivity contribution >= 4 is 11.3 Å². The quantitative estimate of drug-likeness (QED) is 0.852. The second-order valence-corrected chi connectivity index (χ2v) is 6.27. The monoisotopic (exact) mass is 307 g/mol. The number of hydrogen-bond donors (Lipinski definition) is 1. The fraction of sp³-hybridized carbons (Fsp3) is 0.438. The average molecular weight is 307 g/mol. The van der Waals surface area contributed by atoms with Crippen LogP contribution in [0.4, 0.5) is 0 Å². The van der Waals surface area contributed by atoms with Gasteiger partial charge in [-0.3, -0.25) is 0 Å². The van der Waals surface area contributed by atoms with Gasteiger partial charge >= 0.3 is 0 Å². The summed E-state index contributed by atoms with van der Waals surface area (Å²) in [5, 5.41) is 10.9. The molecule has 0 fully saturated rings. The molecule has 21 heavy (non-hydrogen) atoms. The molecule has 2 aromatic rings. The van der Waals surface area contributed by atoms with Crippen molar-refractivity contribution in [3.05, 3.63) is 40.3 Å². The third-order valence-electron chi connectivity index (χ3n) is 2.88. The van der Waals surface area contributed by atoms with Crippen molar-refractivity contribution in [2.24, 2.45) is 0 Å². The molecule has 4 nitrogen and oxygen atoms in total. The van der Waals surface area contributed by atoms with Gasteiger partial charge in [-0.2, -0.15) is 0 Å². The number of rotatable bonds is 7. The minimum atomic E-state index is -0.835. The lowest BCUT2D eigenvalue weighted by Gasteiger charge is -2.13. The average Bonchev–Trinajstić information content (AvgIpc) is 2.90. The van der Waals surface area contributed by atoms with E-state index in [1.807, 2.05) is 31.2 Å². The molecule has 2 rings (SSSR count). The third-order valence-corrected chi connectivity index (χ3v) is 4.25. The molecule has 0 amide bonds. The van der Waals surface area contributed by atoms with E-state index >= 15 is 0 Å². The zero-order valence-corrected chi connectivity index (χ0v) is 13.4. The van der Waals surface area contributed by atoms with Crippen molar-refractivity contribution in [2.75, 3.05) is 13.2 Å². The largest absolute Gasteiger partial charge is 0.490 e. The van der Waals surface area contributed by atoms with Crippen molar-refractivity contribution in [3.8, 4) is 11.5 Å². The molecule has 0 aliphatic carbocycles. The van der Waals surface area contributed by atoms with Crippen LogP contribution in [0.3, 0.4) is 0 Å². The molecule has 0 bridgehead atoms. The summed E-state index contributed by atoms with van der Waals surface area (Å²) in [6, 6.07) is 7.64. The Morgan fingerprint density at radius 1 is 1.19 bits per heavy atom. The first-order valence-corrected chi connectivity index (χ1v) is 7.84. The molecular weight excluding hydrogens is 286 g/mol. The van der Waals surface area contributed by atoms with Gasteiger partial charge in [0.25, 0.3) is 0 Å². The first-order valence-electron chi connectivity index (χ1n) is 7.03. The lowest BCUT2D eigenvalue weighted by Crippen LogP contribution is -2.12. The second kappa shape index (κ2) is 6.91. The summed E-state index contributed by atoms with van der Waals surface area (Å²) < 4.78 is 11.3. The third kappa shape index (κ3) is 4.44. The highest BCUT2D eigenvalue weighted by atomic mass is 32.1. The van der Waals surface area contributed by atoms with Crippen molar-refractivity contribution in [1.29, 1.82) is 0 Å². The van der Waals surface area contributed by atoms with Crippen LogP contribution < -0.4 is 9.47 Å². The summed E-state index contributed by atoms with van der Waals surface area (Å²) >= 11 is 1.52. The number of para-hydroxylation sites is 2. The van der Waals surface area contributed by atoms with Crippen molar-refractivity contribution in [1.82, 2.24) is 4.98 Å². The number of benzene rings is 1. The summed E-state index contributed by atoms with van der Waals surface area (Å²) in [6.07, 6.45) is 2.44. The van der Waals surface area contributed by atoms with Crippen LogP contribution in [-0.4, -0.2) is 23.3 Å². The Morgan fingerprint density at radius 2 is 1.86 bits per heavy atom. The summed E-state index contributed by atoms with van der Waals surface area (Å²) in [6.45, 7) is 6.62. The molecule has 0 radical (unpaired) electrons. The van der Waals surface area contributed by atoms with E-state index in [2.05, 4.69) is 4.98 Å². The molecule has 0 aliphatic heterocycles. The Bertz CT molecular complexity index is 575. The van der Waals surface area contributed by atoms with Gasteiger partial charge in [0.05, 0.1) is 28.7 Å². The molecule has 0 saturated carbocycles. The molecule has 114 valence electrons. The minimum Gasteiger partial charge on any atom is -0.490 e. The number of aromatic nitrogens is 1. The highest BCUT2D eigenvalue weighted by molar-refractivity contribution is 7.11. The molecule has 1 heterocycles. The Morgan fingerprint density at radius 3 is 2.43 bits per heavy atom. The van der Waals surface area contributed by atoms with Gasteiger partial charge in [0, 0.05) is 12.6 Å². The summed E-state index contributed by atoms with van der Waals surface area (Å²) in [5.74, 6) is 1.51. The van der Waals surface area contributed by atoms with Crippen LogP contribution in [0, 0.1) is 0 Å². The molecule has 1 aromatic carbocycles. The van der Waals surface area contributed by atoms with Crippen LogP contribution >= 0.6 is 11.3 Å². The van der Waals surface area contributed by atoms with Gasteiger partial charge in [0.2, 0.25) is 0 Å². The van der Waals surface area contributed by atoms with Gasteiger partial charge < -0.3 is 14.6 Å². The van der Waals surface area contributed by atoms with Crippen LogP contribution in [0.2, 0.25) is 0 Å². The first-order chi connectivity index (χ1) is 10.0. The van der Waals surface area contributed by atoms with Crippen LogP contribution in [0.5, 0.6) is 11.5 Å². The second-order valence-electron chi connectivity index (χ2n) is 5.16. The van der Waals surface area contributed by atoms with Crippen LogP contribution in [0.15, 0.2) is 30.5 Å². The Hall–Kier alpha value is -1.59. The van der Waals surface area contributed by atoms with Gasteiger partial charge in [-0.1, -0.05) is 12.1 Å². The molecule has 1 aromatic heterocycles. The Balaban J connectivity index is 1.91. The van der Waals surface area contributed by atoms with Crippen molar-refractivity contribution in [3.63, 3.8) is 0 Å². The lowest BCUT2D eigenvalue weighted by molar-refractivity contribution is 0.0823. The summed E-state index contributed by atoms with van der Waals surface area (Å²) in [7, 11) is 0. The highest BCUT2D eigenvalue weighted by Crippen LogP contribution is 2.28. The molecule has 1 N–H and O–H groups in total. The van der Waals surface area contributed by atoms with E-state index in [9.17, 15) is 5.11 Å². The first kappa shape index (κ1) is 15.8. The normalized spacial score (nSPS) is 11.4. The zero-order chi connectivity index (χ0) is 15.3. The minimum absolute atomic E-state index is 0.531. The summed E-state index contributed by atoms with van der Waals surface area (Å²) in [5.41, 5.74) is -0.835. The molecule has 0 atom stereocenters. The maximum absolute atomic E-state index is 9.92. The number of thiazole rings is 1. The van der Waals surface area contributed by atoms with E-state index in [4.69, 9.17) is 9.47 Å². The van der Waals surface area contributed by atoms with Crippen LogP contribution in [0.1, 0.15) is 30.7 Å². The van der Waals surface area contributed by atoms with Gasteiger partial charge in [-0.25, -0.2) is 4.98 Å². The molecule has 0 unspecified atom stereocenters. The zero-order valence-electron chi connectivity index (χ0n) is 12.6. The Kier molecular flexibility index (Phi) is 5.20. The number of nitrogens with zero attached hydrogens (tertiary/aromatic N) is 1. The van der Waals surface area contributed by atoms with E-state index in [0.29, 0.717) is 19.6 Å². The number of ether oxygens (including phenoxy) is 2. The van der Waals surface area contributed by atoms with Crippen molar-refractivity contribution < 1.29 is 14.6 Å². The smallest absolute Gasteiger partial charge is 0.161 e. The van der Waals surface area contributed by atoms with E-state index in [-0.39, 0.29) is 0 Å². The van der Waals surface area contributed by atoms with Gasteiger partial charge in [0.15, 0.2) is 11.5 Å². The molecule has 0 saturated heterocycles. The molecule has 5 heteroatoms. The van der Waals surface area contributed by atoms with E-state index < -0.39 is 5.60 Å². The predicted octanol–water partition coefficient (Wildman–Crippen LogP) is 3.39. The fourth-order valence-corrected chi connectivity index (χ4v) is 2.70. The lowest BCUT2D eigenvalue weighted by atomic mass is 10.1. The van der Waals surface area contributed by atoms with Crippen LogP contribution in [0.25, 0.3) is 0 Å². The molecular formula is C16H21NO3S. The van der Waals surface area contributed by atoms with Crippen LogP contribution in [-0.2, 0) is 12.0 Å². The SMILES string of the molecule is CCOc1ccccc1OCCc1ncc(C(C)(C)O)s1. The summed E-state index contributed by atoms with van der Waals surface area (Å²) in [4.78, 5) is 5.19. The van der Waals surface area contributed by atoms with Gasteiger partial charge in [-0.15, -0.1) is 11.3 Å².